The average molecular weight is 728 g/mol. The molecule has 0 spiro atoms. The van der Waals surface area contributed by atoms with Crippen molar-refractivity contribution in [3.8, 4) is 0 Å². The first kappa shape index (κ1) is 40.4. The number of carboxylic acid groups (broad SMARTS) is 2. The van der Waals surface area contributed by atoms with Crippen LogP contribution in [0.4, 0.5) is 0 Å². The van der Waals surface area contributed by atoms with Crippen LogP contribution in [-0.2, 0) is 32.8 Å². The smallest absolute Gasteiger partial charge is 1.00 e. The minimum absolute atomic E-state index is 0. The molecule has 0 unspecified atom stereocenters. The third kappa shape index (κ3) is 7.67. The molecular formula is C34H34Cl3CoN4O4. The fourth-order valence-corrected chi connectivity index (χ4v) is 5.77. The molecule has 0 saturated heterocycles. The molecule has 2 aliphatic heterocycles. The number of aliphatic carboxylic acids is 2. The summed E-state index contributed by atoms with van der Waals surface area (Å²) in [6.07, 6.45) is 4.22. The number of halogens is 3. The van der Waals surface area contributed by atoms with Gasteiger partial charge >= 0.3 is 28.7 Å². The minimum atomic E-state index is -0.884. The van der Waals surface area contributed by atoms with Crippen molar-refractivity contribution >= 4 is 62.4 Å². The number of allylic oxidation sites excluding steroid dienone is 5. The van der Waals surface area contributed by atoms with Gasteiger partial charge in [0.2, 0.25) is 0 Å². The molecule has 0 aromatic carbocycles. The first-order valence-electron chi connectivity index (χ1n) is 13.9. The summed E-state index contributed by atoms with van der Waals surface area (Å²) in [5.41, 5.74) is 13.7. The van der Waals surface area contributed by atoms with Crippen LogP contribution < -0.4 is 37.2 Å². The number of carbonyl (C=O) groups is 2. The number of aromatic nitrogens is 4. The van der Waals surface area contributed by atoms with Crippen molar-refractivity contribution in [2.45, 2.75) is 53.4 Å². The summed E-state index contributed by atoms with van der Waals surface area (Å²) < 4.78 is 0. The van der Waals surface area contributed by atoms with Crippen LogP contribution in [0.25, 0.3) is 50.4 Å². The van der Waals surface area contributed by atoms with Gasteiger partial charge in [0.15, 0.2) is 0 Å². The van der Waals surface area contributed by atoms with E-state index in [1.165, 1.54) is 0 Å². The van der Waals surface area contributed by atoms with Crippen molar-refractivity contribution in [2.24, 2.45) is 0 Å². The van der Waals surface area contributed by atoms with Crippen molar-refractivity contribution < 1.29 is 73.8 Å². The van der Waals surface area contributed by atoms with Crippen LogP contribution in [-0.4, -0.2) is 42.1 Å². The quantitative estimate of drug-likeness (QED) is 0.224. The average Bonchev–Trinajstić information content (AvgIpc) is 3.59. The second-order valence-electron chi connectivity index (χ2n) is 10.7. The van der Waals surface area contributed by atoms with Crippen LogP contribution in [0, 0.1) is 13.8 Å². The van der Waals surface area contributed by atoms with Crippen LogP contribution in [0.15, 0.2) is 43.5 Å². The van der Waals surface area contributed by atoms with Crippen molar-refractivity contribution in [1.82, 2.24) is 19.9 Å². The van der Waals surface area contributed by atoms with Crippen molar-refractivity contribution in [1.29, 1.82) is 0 Å². The zero-order valence-corrected chi connectivity index (χ0v) is 29.1. The molecule has 0 radical (unpaired) electrons. The Labute approximate surface area is 296 Å². The molecule has 46 heavy (non-hydrogen) atoms. The Balaban J connectivity index is 0.00000264. The molecule has 0 amide bonds. The Morgan fingerprint density at radius 1 is 0.696 bits per heavy atom. The Hall–Kier alpha value is -3.60. The number of nitrogens with one attached hydrogen (secondary N) is 2. The van der Waals surface area contributed by atoms with Crippen LogP contribution in [0.5, 0.6) is 0 Å². The summed E-state index contributed by atoms with van der Waals surface area (Å²) in [7, 11) is 0. The van der Waals surface area contributed by atoms with Gasteiger partial charge in [0, 0.05) is 46.0 Å². The second-order valence-corrected chi connectivity index (χ2v) is 10.7. The Kier molecular flexibility index (Phi) is 14.3. The predicted molar refractivity (Wildman–Crippen MR) is 169 cm³/mol. The van der Waals surface area contributed by atoms with Crippen molar-refractivity contribution in [3.05, 3.63) is 88.5 Å². The van der Waals surface area contributed by atoms with E-state index < -0.39 is 11.9 Å². The number of hydrogen-bond acceptors (Lipinski definition) is 4. The van der Waals surface area contributed by atoms with Gasteiger partial charge in [0.1, 0.15) is 0 Å². The first-order valence-corrected chi connectivity index (χ1v) is 13.9. The van der Waals surface area contributed by atoms with Gasteiger partial charge in [0.05, 0.1) is 22.8 Å². The van der Waals surface area contributed by atoms with Gasteiger partial charge in [0.25, 0.3) is 0 Å². The molecule has 0 aliphatic carbocycles. The maximum atomic E-state index is 11.5. The summed E-state index contributed by atoms with van der Waals surface area (Å²) >= 11 is 0. The molecule has 2 aliphatic rings. The minimum Gasteiger partial charge on any atom is -1.00 e. The van der Waals surface area contributed by atoms with E-state index in [-0.39, 0.29) is 66.8 Å². The van der Waals surface area contributed by atoms with Crippen LogP contribution in [0.3, 0.4) is 0 Å². The van der Waals surface area contributed by atoms with E-state index in [2.05, 4.69) is 23.1 Å². The number of aromatic amines is 2. The van der Waals surface area contributed by atoms with E-state index in [9.17, 15) is 19.8 Å². The predicted octanol–water partition coefficient (Wildman–Crippen LogP) is -1.49. The van der Waals surface area contributed by atoms with Gasteiger partial charge in [-0.1, -0.05) is 25.3 Å². The molecule has 5 rings (SSSR count). The van der Waals surface area contributed by atoms with Gasteiger partial charge in [-0.3, -0.25) is 9.59 Å². The molecule has 0 fully saturated rings. The van der Waals surface area contributed by atoms with Crippen LogP contribution >= 0.6 is 0 Å². The topological polar surface area (TPSA) is 132 Å². The standard InChI is InChI=1S/C34H34N4O4.3ClH.Co/c1-7-21-17(3)25-13-26-19(5)23(9-11-33(39)40)31(37-26)16-32-24(10-12-34(41)42)20(6)28(38-32)15-30-22(8-2)18(4)27(36-30)14-29(21)35-25;;;;/h7-8,13-16,36-37H,1-2,9-12H2,3-6H3,(H,39,40)(H,41,42);3*1H;/q;;;;+3/p-3. The molecule has 8 nitrogen and oxygen atoms in total. The number of fused-ring (bicyclic) bond motifs is 8. The molecule has 0 atom stereocenters. The zero-order valence-electron chi connectivity index (χ0n) is 25.8. The third-order valence-corrected chi connectivity index (χ3v) is 8.22. The number of hydrogen-bond donors (Lipinski definition) is 4. The molecule has 5 heterocycles. The Bertz CT molecular complexity index is 1940. The molecule has 12 heteroatoms. The fourth-order valence-electron chi connectivity index (χ4n) is 5.77. The van der Waals surface area contributed by atoms with Gasteiger partial charge in [-0.25, -0.2) is 9.97 Å². The van der Waals surface area contributed by atoms with Gasteiger partial charge in [-0.2, -0.15) is 0 Å². The molecule has 8 bridgehead atoms. The molecule has 3 aromatic rings. The number of aryl methyl sites for hydroxylation is 3. The van der Waals surface area contributed by atoms with Crippen molar-refractivity contribution in [3.63, 3.8) is 0 Å². The first-order chi connectivity index (χ1) is 20.0. The second kappa shape index (κ2) is 16.3. The summed E-state index contributed by atoms with van der Waals surface area (Å²) in [5.74, 6) is -1.76. The number of nitrogens with zero attached hydrogens (tertiary/aromatic N) is 2. The maximum absolute atomic E-state index is 11.5. The van der Waals surface area contributed by atoms with E-state index in [4.69, 9.17) is 9.97 Å². The van der Waals surface area contributed by atoms with E-state index in [1.807, 2.05) is 64.1 Å². The van der Waals surface area contributed by atoms with Gasteiger partial charge in [-0.15, -0.1) is 0 Å². The SMILES string of the molecule is C=CC1=C(C)c2cc3[nH]c(cc4nc(cc5[nH]c(cc1n2)c(C)c5C=C)C(C)=C4CCC(=O)O)c(CCC(=O)O)c3C.[Cl-].[Cl-].[Cl-].[Co+3]. The van der Waals surface area contributed by atoms with E-state index in [0.717, 1.165) is 83.7 Å². The van der Waals surface area contributed by atoms with Crippen LogP contribution in [0.2, 0.25) is 0 Å². The Morgan fingerprint density at radius 3 is 1.80 bits per heavy atom. The summed E-state index contributed by atoms with van der Waals surface area (Å²) in [5, 5.41) is 18.9. The van der Waals surface area contributed by atoms with Gasteiger partial charge in [-0.05, 0) is 98.2 Å². The number of carboxylic acids is 2. The van der Waals surface area contributed by atoms with Crippen molar-refractivity contribution in [2.75, 3.05) is 0 Å². The molecule has 244 valence electrons. The zero-order chi connectivity index (χ0) is 30.3. The molecular weight excluding hydrogens is 694 g/mol. The summed E-state index contributed by atoms with van der Waals surface area (Å²) in [6.45, 7) is 16.0. The number of H-pyrrole nitrogens is 2. The summed E-state index contributed by atoms with van der Waals surface area (Å²) in [6, 6.07) is 7.88. The molecule has 3 aromatic heterocycles. The maximum Gasteiger partial charge on any atom is 3.00 e. The summed E-state index contributed by atoms with van der Waals surface area (Å²) in [4.78, 5) is 40.0. The molecule has 4 N–H and O–H groups in total. The van der Waals surface area contributed by atoms with E-state index >= 15 is 0 Å². The van der Waals surface area contributed by atoms with E-state index in [0.29, 0.717) is 18.5 Å². The van der Waals surface area contributed by atoms with Crippen LogP contribution in [0.1, 0.15) is 78.1 Å². The fraction of sp³-hybridized carbons (Fsp3) is 0.235. The molecule has 0 saturated carbocycles. The van der Waals surface area contributed by atoms with Gasteiger partial charge < -0.3 is 57.4 Å². The Morgan fingerprint density at radius 2 is 1.20 bits per heavy atom. The number of rotatable bonds is 8. The van der Waals surface area contributed by atoms with E-state index in [1.54, 1.807) is 0 Å². The largest absolute Gasteiger partial charge is 3.00 e. The monoisotopic (exact) mass is 726 g/mol. The third-order valence-electron chi connectivity index (χ3n) is 8.22. The normalized spacial score (nSPS) is 11.9.